The molecule has 0 saturated heterocycles. The van der Waals surface area contributed by atoms with Gasteiger partial charge >= 0.3 is 6.09 Å². The summed E-state index contributed by atoms with van der Waals surface area (Å²) in [6.45, 7) is 3.65. The van der Waals surface area contributed by atoms with Crippen molar-refractivity contribution in [1.82, 2.24) is 0 Å². The SMILES string of the molecule is C=C[C@H](OC)[C@@H](OC(=O)Nc1ccc(SC)cc1)c1ccc(O)c(F)c1. The molecule has 2 rings (SSSR count). The number of ether oxygens (including phenoxy) is 2. The van der Waals surface area contributed by atoms with Gasteiger partial charge in [-0.25, -0.2) is 9.18 Å². The lowest BCUT2D eigenvalue weighted by Gasteiger charge is -2.24. The van der Waals surface area contributed by atoms with Crippen molar-refractivity contribution >= 4 is 23.5 Å². The average molecular weight is 377 g/mol. The first-order valence-electron chi connectivity index (χ1n) is 7.74. The van der Waals surface area contributed by atoms with E-state index in [2.05, 4.69) is 11.9 Å². The number of amides is 1. The Balaban J connectivity index is 2.18. The number of nitrogens with one attached hydrogen (secondary N) is 1. The van der Waals surface area contributed by atoms with E-state index in [0.29, 0.717) is 11.3 Å². The largest absolute Gasteiger partial charge is 0.505 e. The number of rotatable bonds is 7. The molecule has 0 aliphatic carbocycles. The van der Waals surface area contributed by atoms with Crippen molar-refractivity contribution in [1.29, 1.82) is 0 Å². The minimum Gasteiger partial charge on any atom is -0.505 e. The van der Waals surface area contributed by atoms with Crippen LogP contribution in [0, 0.1) is 5.82 Å². The summed E-state index contributed by atoms with van der Waals surface area (Å²) >= 11 is 1.59. The van der Waals surface area contributed by atoms with Crippen LogP contribution in [0.2, 0.25) is 0 Å². The van der Waals surface area contributed by atoms with Crippen LogP contribution in [0.1, 0.15) is 11.7 Å². The molecule has 0 spiro atoms. The average Bonchev–Trinajstić information content (AvgIpc) is 2.64. The summed E-state index contributed by atoms with van der Waals surface area (Å²) in [5.74, 6) is -1.30. The lowest BCUT2D eigenvalue weighted by Crippen LogP contribution is -2.26. The van der Waals surface area contributed by atoms with E-state index in [9.17, 15) is 14.3 Å². The van der Waals surface area contributed by atoms with E-state index in [0.717, 1.165) is 11.0 Å². The van der Waals surface area contributed by atoms with E-state index in [1.54, 1.807) is 23.9 Å². The predicted octanol–water partition coefficient (Wildman–Crippen LogP) is 4.74. The number of hydrogen-bond donors (Lipinski definition) is 2. The molecule has 0 fully saturated rings. The van der Waals surface area contributed by atoms with E-state index in [-0.39, 0.29) is 0 Å². The maximum atomic E-state index is 13.7. The molecular weight excluding hydrogens is 357 g/mol. The number of hydrogen-bond acceptors (Lipinski definition) is 5. The number of thioether (sulfide) groups is 1. The summed E-state index contributed by atoms with van der Waals surface area (Å²) < 4.78 is 24.4. The van der Waals surface area contributed by atoms with Crippen LogP contribution in [0.25, 0.3) is 0 Å². The van der Waals surface area contributed by atoms with Crippen LogP contribution in [0.3, 0.4) is 0 Å². The molecule has 138 valence electrons. The van der Waals surface area contributed by atoms with Crippen LogP contribution in [0.5, 0.6) is 5.75 Å². The molecule has 0 aliphatic rings. The first kappa shape index (κ1) is 19.8. The summed E-state index contributed by atoms with van der Waals surface area (Å²) in [7, 11) is 1.43. The first-order valence-corrected chi connectivity index (χ1v) is 8.96. The maximum absolute atomic E-state index is 13.7. The van der Waals surface area contributed by atoms with Crippen LogP contribution in [0.15, 0.2) is 60.0 Å². The van der Waals surface area contributed by atoms with E-state index in [1.165, 1.54) is 25.3 Å². The van der Waals surface area contributed by atoms with Gasteiger partial charge < -0.3 is 14.6 Å². The summed E-state index contributed by atoms with van der Waals surface area (Å²) in [5, 5.41) is 12.0. The lowest BCUT2D eigenvalue weighted by atomic mass is 10.0. The highest BCUT2D eigenvalue weighted by Gasteiger charge is 2.26. The zero-order chi connectivity index (χ0) is 19.1. The van der Waals surface area contributed by atoms with E-state index < -0.39 is 29.9 Å². The third kappa shape index (κ3) is 5.00. The fraction of sp³-hybridized carbons (Fsp3) is 0.211. The minimum atomic E-state index is -0.932. The molecule has 0 unspecified atom stereocenters. The van der Waals surface area contributed by atoms with Gasteiger partial charge in [0.15, 0.2) is 17.7 Å². The molecule has 0 radical (unpaired) electrons. The Bertz CT molecular complexity index is 767. The summed E-state index contributed by atoms with van der Waals surface area (Å²) in [6.07, 6.45) is 1.07. The third-order valence-corrected chi connectivity index (χ3v) is 4.42. The Labute approximate surface area is 155 Å². The van der Waals surface area contributed by atoms with Gasteiger partial charge in [-0.15, -0.1) is 18.3 Å². The molecule has 2 aromatic carbocycles. The number of anilines is 1. The van der Waals surface area contributed by atoms with Gasteiger partial charge in [-0.1, -0.05) is 12.1 Å². The molecule has 0 aromatic heterocycles. The van der Waals surface area contributed by atoms with Crippen LogP contribution >= 0.6 is 11.8 Å². The summed E-state index contributed by atoms with van der Waals surface area (Å²) in [5.41, 5.74) is 0.899. The highest BCUT2D eigenvalue weighted by Crippen LogP contribution is 2.28. The maximum Gasteiger partial charge on any atom is 0.412 e. The molecule has 5 nitrogen and oxygen atoms in total. The monoisotopic (exact) mass is 377 g/mol. The second-order valence-corrected chi connectivity index (χ2v) is 6.21. The minimum absolute atomic E-state index is 0.333. The smallest absolute Gasteiger partial charge is 0.412 e. The highest BCUT2D eigenvalue weighted by molar-refractivity contribution is 7.98. The standard InChI is InChI=1S/C19H20FNO4S/c1-4-17(24-2)18(12-5-10-16(22)15(20)11-12)25-19(23)21-13-6-8-14(26-3)9-7-13/h4-11,17-18,22H,1H2,2-3H3,(H,21,23)/t17-,18-/m0/s1. The Morgan fingerprint density at radius 3 is 2.54 bits per heavy atom. The van der Waals surface area contributed by atoms with E-state index in [4.69, 9.17) is 9.47 Å². The van der Waals surface area contributed by atoms with Crippen molar-refractivity contribution < 1.29 is 23.8 Å². The molecule has 0 saturated carbocycles. The zero-order valence-electron chi connectivity index (χ0n) is 14.4. The number of carbonyl (C=O) groups is 1. The van der Waals surface area contributed by atoms with Crippen molar-refractivity contribution in [3.8, 4) is 5.75 Å². The topological polar surface area (TPSA) is 67.8 Å². The molecule has 0 bridgehead atoms. The van der Waals surface area contributed by atoms with Gasteiger partial charge in [0, 0.05) is 17.7 Å². The van der Waals surface area contributed by atoms with Gasteiger partial charge in [-0.3, -0.25) is 5.32 Å². The Morgan fingerprint density at radius 1 is 1.31 bits per heavy atom. The molecule has 0 heterocycles. The highest BCUT2D eigenvalue weighted by atomic mass is 32.2. The normalized spacial score (nSPS) is 12.9. The second kappa shape index (κ2) is 9.26. The third-order valence-electron chi connectivity index (χ3n) is 3.67. The van der Waals surface area contributed by atoms with Gasteiger partial charge in [-0.2, -0.15) is 0 Å². The van der Waals surface area contributed by atoms with Crippen molar-refractivity contribution in [2.24, 2.45) is 0 Å². The fourth-order valence-corrected chi connectivity index (χ4v) is 2.71. The van der Waals surface area contributed by atoms with Gasteiger partial charge in [-0.05, 0) is 48.2 Å². The molecule has 1 amide bonds. The number of phenolic OH excluding ortho intramolecular Hbond substituents is 1. The van der Waals surface area contributed by atoms with Crippen molar-refractivity contribution in [2.45, 2.75) is 17.1 Å². The molecule has 7 heteroatoms. The number of phenols is 1. The number of aromatic hydroxyl groups is 1. The first-order chi connectivity index (χ1) is 12.5. The van der Waals surface area contributed by atoms with Crippen molar-refractivity contribution in [2.75, 3.05) is 18.7 Å². The Hall–Kier alpha value is -2.51. The van der Waals surface area contributed by atoms with Gasteiger partial charge in [0.05, 0.1) is 0 Å². The molecule has 2 atom stereocenters. The zero-order valence-corrected chi connectivity index (χ0v) is 15.3. The molecule has 26 heavy (non-hydrogen) atoms. The predicted molar refractivity (Wildman–Crippen MR) is 100 cm³/mol. The van der Waals surface area contributed by atoms with Crippen LogP contribution in [-0.2, 0) is 9.47 Å². The molecule has 2 N–H and O–H groups in total. The van der Waals surface area contributed by atoms with Crippen molar-refractivity contribution in [3.63, 3.8) is 0 Å². The number of benzene rings is 2. The second-order valence-electron chi connectivity index (χ2n) is 5.33. The van der Waals surface area contributed by atoms with Crippen molar-refractivity contribution in [3.05, 3.63) is 66.5 Å². The summed E-state index contributed by atoms with van der Waals surface area (Å²) in [6, 6.07) is 11.0. The Morgan fingerprint density at radius 2 is 2.00 bits per heavy atom. The van der Waals surface area contributed by atoms with Crippen LogP contribution < -0.4 is 5.32 Å². The van der Waals surface area contributed by atoms with Gasteiger partial charge in [0.25, 0.3) is 0 Å². The van der Waals surface area contributed by atoms with E-state index in [1.807, 2.05) is 18.4 Å². The Kier molecular flexibility index (Phi) is 7.06. The molecule has 0 aliphatic heterocycles. The fourth-order valence-electron chi connectivity index (χ4n) is 2.31. The molecule has 2 aromatic rings. The van der Waals surface area contributed by atoms with E-state index >= 15 is 0 Å². The van der Waals surface area contributed by atoms with Gasteiger partial charge in [0.2, 0.25) is 0 Å². The quantitative estimate of drug-likeness (QED) is 0.539. The lowest BCUT2D eigenvalue weighted by molar-refractivity contribution is 0.00586. The van der Waals surface area contributed by atoms with Crippen LogP contribution in [0.4, 0.5) is 14.9 Å². The molecular formula is C19H20FNO4S. The number of carbonyl (C=O) groups excluding carboxylic acids is 1. The van der Waals surface area contributed by atoms with Crippen LogP contribution in [-0.4, -0.2) is 30.7 Å². The van der Waals surface area contributed by atoms with Gasteiger partial charge in [0.1, 0.15) is 6.10 Å². The summed E-state index contributed by atoms with van der Waals surface area (Å²) in [4.78, 5) is 13.3. The number of methoxy groups -OCH3 is 1. The number of halogens is 1.